The highest BCUT2D eigenvalue weighted by Crippen LogP contribution is 2.36. The molecule has 1 saturated heterocycles. The van der Waals surface area contributed by atoms with Crippen molar-refractivity contribution >= 4 is 21.8 Å². The average Bonchev–Trinajstić information content (AvgIpc) is 2.93. The van der Waals surface area contributed by atoms with Gasteiger partial charge >= 0.3 is 0 Å². The van der Waals surface area contributed by atoms with Crippen LogP contribution in [0.4, 0.5) is 13.2 Å². The van der Waals surface area contributed by atoms with Crippen LogP contribution in [-0.4, -0.2) is 50.9 Å². The van der Waals surface area contributed by atoms with E-state index in [0.717, 1.165) is 6.07 Å². The second-order valence-corrected chi connectivity index (χ2v) is 7.98. The van der Waals surface area contributed by atoms with Gasteiger partial charge < -0.3 is 19.1 Å². The minimum absolute atomic E-state index is 0.0234. The maximum absolute atomic E-state index is 14.5. The Morgan fingerprint density at radius 1 is 1.05 bits per heavy atom. The van der Waals surface area contributed by atoms with E-state index in [1.54, 1.807) is 19.1 Å². The van der Waals surface area contributed by atoms with Gasteiger partial charge in [-0.25, -0.2) is 13.2 Å². The van der Waals surface area contributed by atoms with Gasteiger partial charge in [0.15, 0.2) is 23.1 Å². The molecule has 1 heterocycles. The number of ether oxygens (including phenoxy) is 3. The Bertz CT molecular complexity index is 981. The van der Waals surface area contributed by atoms with Crippen molar-refractivity contribution in [2.24, 2.45) is 0 Å². The van der Waals surface area contributed by atoms with Crippen LogP contribution in [0.5, 0.6) is 17.2 Å². The number of methoxy groups -OCH3 is 1. The van der Waals surface area contributed by atoms with Crippen LogP contribution in [0, 0.1) is 11.6 Å². The summed E-state index contributed by atoms with van der Waals surface area (Å²) < 4.78 is 55.9. The van der Waals surface area contributed by atoms with Gasteiger partial charge in [-0.1, -0.05) is 56.3 Å². The number of rotatable bonds is 5. The molecular weight excluding hydrogens is 563 g/mol. The van der Waals surface area contributed by atoms with Crippen molar-refractivity contribution in [3.8, 4) is 17.2 Å². The topological polar surface area (TPSA) is 48.0 Å². The summed E-state index contributed by atoms with van der Waals surface area (Å²) in [5.41, 5.74) is 0.456. The molecule has 0 radical (unpaired) electrons. The van der Waals surface area contributed by atoms with Crippen molar-refractivity contribution in [3.63, 3.8) is 0 Å². The maximum atomic E-state index is 14.5. The fourth-order valence-corrected chi connectivity index (χ4v) is 2.88. The number of halogens is 4. The van der Waals surface area contributed by atoms with Crippen LogP contribution in [0.2, 0.25) is 0 Å². The van der Waals surface area contributed by atoms with Gasteiger partial charge in [0.2, 0.25) is 0 Å². The smallest absolute Gasteiger partial charge is 0.257 e. The Labute approximate surface area is 234 Å². The monoisotopic (exact) mass is 603 g/mol. The van der Waals surface area contributed by atoms with Crippen LogP contribution in [0.15, 0.2) is 59.6 Å². The van der Waals surface area contributed by atoms with Crippen LogP contribution in [-0.2, 0) is 4.74 Å². The molecule has 0 aliphatic carbocycles. The van der Waals surface area contributed by atoms with Gasteiger partial charge in [-0.15, -0.1) is 6.58 Å². The van der Waals surface area contributed by atoms with Crippen molar-refractivity contribution in [1.82, 2.24) is 4.90 Å². The summed E-state index contributed by atoms with van der Waals surface area (Å²) in [4.78, 5) is 14.0. The van der Waals surface area contributed by atoms with Gasteiger partial charge in [0.25, 0.3) is 5.91 Å². The first-order valence-corrected chi connectivity index (χ1v) is 13.1. The highest BCUT2D eigenvalue weighted by Gasteiger charge is 2.24. The lowest BCUT2D eigenvalue weighted by molar-refractivity contribution is 0.0299. The van der Waals surface area contributed by atoms with Crippen LogP contribution in [0.3, 0.4) is 0 Å². The van der Waals surface area contributed by atoms with E-state index in [2.05, 4.69) is 29.1 Å². The lowest BCUT2D eigenvalue weighted by atomic mass is 10.1. The van der Waals surface area contributed by atoms with E-state index in [1.165, 1.54) is 30.2 Å². The molecule has 3 rings (SSSR count). The molecule has 0 spiro atoms. The predicted molar refractivity (Wildman–Crippen MR) is 153 cm³/mol. The summed E-state index contributed by atoms with van der Waals surface area (Å²) in [6.45, 7) is 19.4. The Morgan fingerprint density at radius 2 is 1.58 bits per heavy atom. The molecule has 1 fully saturated rings. The fourth-order valence-electron chi connectivity index (χ4n) is 2.55. The summed E-state index contributed by atoms with van der Waals surface area (Å²) in [5.74, 6) is -1.82. The second-order valence-electron chi connectivity index (χ2n) is 7.06. The molecule has 5 nitrogen and oxygen atoms in total. The van der Waals surface area contributed by atoms with Crippen molar-refractivity contribution in [2.75, 3.05) is 40.1 Å². The number of nitrogens with zero attached hydrogens (tertiary/aromatic N) is 1. The van der Waals surface area contributed by atoms with E-state index < -0.39 is 17.5 Å². The molecule has 1 aliphatic heterocycles. The molecule has 0 unspecified atom stereocenters. The third kappa shape index (κ3) is 13.7. The second kappa shape index (κ2) is 22.2. The fraction of sp³-hybridized carbons (Fsp3) is 0.414. The Kier molecular flexibility index (Phi) is 21.9. The number of alkyl halides is 1. The molecule has 38 heavy (non-hydrogen) atoms. The third-order valence-corrected chi connectivity index (χ3v) is 4.62. The van der Waals surface area contributed by atoms with Crippen molar-refractivity contribution in [3.05, 3.63) is 76.8 Å². The van der Waals surface area contributed by atoms with E-state index in [9.17, 15) is 18.0 Å². The van der Waals surface area contributed by atoms with Crippen LogP contribution in [0.25, 0.3) is 0 Å². The highest BCUT2D eigenvalue weighted by molar-refractivity contribution is 9.10. The quantitative estimate of drug-likeness (QED) is 0.320. The van der Waals surface area contributed by atoms with Gasteiger partial charge in [0.05, 0.1) is 25.9 Å². The molecule has 0 atom stereocenters. The standard InChI is InChI=1S/C18H16BrF2NO4.C4H7F.C3H6.2C2H6/c1-24-16-9-12(18(23)22-4-6-25-7-5-22)13(20)10-17(16)26-15-3-2-11(19)8-14(15)21;1-4(2)3-5;1-3-2;2*1-2/h2-3,8-10H,4-7H2,1H3;1,3H2,2H3;3H,1H2,2H3;2*1-2H3. The summed E-state index contributed by atoms with van der Waals surface area (Å²) in [5, 5.41) is 0. The zero-order valence-electron chi connectivity index (χ0n) is 23.5. The van der Waals surface area contributed by atoms with E-state index in [4.69, 9.17) is 14.2 Å². The van der Waals surface area contributed by atoms with Crippen molar-refractivity contribution in [1.29, 1.82) is 0 Å². The Hall–Kier alpha value is -2.78. The molecule has 2 aromatic rings. The third-order valence-electron chi connectivity index (χ3n) is 4.12. The predicted octanol–water partition coefficient (Wildman–Crippen LogP) is 8.78. The zero-order chi connectivity index (χ0) is 29.7. The number of morpholine rings is 1. The van der Waals surface area contributed by atoms with E-state index in [0.29, 0.717) is 36.3 Å². The number of carbonyl (C=O) groups excluding carboxylic acids is 1. The minimum Gasteiger partial charge on any atom is -0.493 e. The molecule has 1 aliphatic rings. The number of allylic oxidation sites excluding steroid dienone is 2. The SMILES string of the molecule is C=C(C)CF.C=CC.CC.CC.COc1cc(C(=O)N2CCOCC2)c(F)cc1Oc1ccc(Br)cc1F. The molecule has 1 amide bonds. The minimum atomic E-state index is -0.769. The Balaban J connectivity index is 0. The van der Waals surface area contributed by atoms with Crippen molar-refractivity contribution < 1.29 is 32.2 Å². The number of carbonyl (C=O) groups is 1. The van der Waals surface area contributed by atoms with E-state index in [1.807, 2.05) is 34.6 Å². The van der Waals surface area contributed by atoms with Crippen molar-refractivity contribution in [2.45, 2.75) is 41.5 Å². The summed E-state index contributed by atoms with van der Waals surface area (Å²) >= 11 is 3.15. The normalized spacial score (nSPS) is 11.4. The maximum Gasteiger partial charge on any atom is 0.257 e. The lowest BCUT2D eigenvalue weighted by Crippen LogP contribution is -2.41. The molecule has 9 heteroatoms. The average molecular weight is 605 g/mol. The molecular formula is C29H41BrF3NO4. The number of hydrogen-bond acceptors (Lipinski definition) is 4. The molecule has 0 N–H and O–H groups in total. The van der Waals surface area contributed by atoms with E-state index >= 15 is 0 Å². The van der Waals surface area contributed by atoms with Crippen LogP contribution < -0.4 is 9.47 Å². The van der Waals surface area contributed by atoms with Gasteiger partial charge in [0.1, 0.15) is 12.5 Å². The highest BCUT2D eigenvalue weighted by atomic mass is 79.9. The van der Waals surface area contributed by atoms with Gasteiger partial charge in [-0.2, -0.15) is 0 Å². The zero-order valence-corrected chi connectivity index (χ0v) is 25.1. The number of benzene rings is 2. The first-order chi connectivity index (χ1) is 18.2. The molecule has 0 saturated carbocycles. The summed E-state index contributed by atoms with van der Waals surface area (Å²) in [6, 6.07) is 6.52. The summed E-state index contributed by atoms with van der Waals surface area (Å²) in [6.07, 6.45) is 1.75. The number of amides is 1. The number of hydrogen-bond donors (Lipinski definition) is 0. The van der Waals surface area contributed by atoms with Crippen LogP contribution >= 0.6 is 15.9 Å². The molecule has 0 bridgehead atoms. The first-order valence-electron chi connectivity index (χ1n) is 12.3. The Morgan fingerprint density at radius 3 is 2.03 bits per heavy atom. The van der Waals surface area contributed by atoms with Gasteiger partial charge in [0, 0.05) is 23.6 Å². The van der Waals surface area contributed by atoms with Crippen LogP contribution in [0.1, 0.15) is 51.9 Å². The van der Waals surface area contributed by atoms with E-state index in [-0.39, 0.29) is 29.5 Å². The van der Waals surface area contributed by atoms with Gasteiger partial charge in [-0.05, 0) is 43.7 Å². The first kappa shape index (κ1) is 37.4. The molecule has 2 aromatic carbocycles. The largest absolute Gasteiger partial charge is 0.493 e. The van der Waals surface area contributed by atoms with Gasteiger partial charge in [-0.3, -0.25) is 4.79 Å². The molecule has 214 valence electrons. The lowest BCUT2D eigenvalue weighted by Gasteiger charge is -2.27. The summed E-state index contributed by atoms with van der Waals surface area (Å²) in [7, 11) is 1.36. The molecule has 0 aromatic heterocycles.